The van der Waals surface area contributed by atoms with Gasteiger partial charge >= 0.3 is 0 Å². The summed E-state index contributed by atoms with van der Waals surface area (Å²) in [4.78, 5) is 23.5. The van der Waals surface area contributed by atoms with Crippen molar-refractivity contribution in [2.45, 2.75) is 75.5 Å². The Kier molecular flexibility index (Phi) is 6.69. The van der Waals surface area contributed by atoms with Crippen molar-refractivity contribution in [1.82, 2.24) is 19.6 Å². The number of nitrogens with one attached hydrogen (secondary N) is 1. The fourth-order valence-corrected chi connectivity index (χ4v) is 5.58. The van der Waals surface area contributed by atoms with E-state index in [4.69, 9.17) is 4.74 Å². The molecule has 2 saturated carbocycles. The zero-order chi connectivity index (χ0) is 21.1. The van der Waals surface area contributed by atoms with Gasteiger partial charge in [0.15, 0.2) is 0 Å². The summed E-state index contributed by atoms with van der Waals surface area (Å²) in [6.07, 6.45) is 12.1. The Hall–Kier alpha value is -1.58. The molecule has 30 heavy (non-hydrogen) atoms. The van der Waals surface area contributed by atoms with Gasteiger partial charge in [-0.2, -0.15) is 0 Å². The SMILES string of the molecule is CS(=O)(=O)N[C@H]1CCCN(C(=O)C2CC2)[C@H]1CO[C@H]1CC[C@@H](c2ncccn2)CC1. The second-order valence-electron chi connectivity index (χ2n) is 8.93. The molecule has 3 fully saturated rings. The third-order valence-electron chi connectivity index (χ3n) is 6.48. The number of nitrogens with zero attached hydrogens (tertiary/aromatic N) is 3. The number of hydrogen-bond donors (Lipinski definition) is 1. The molecule has 2 aliphatic carbocycles. The average Bonchev–Trinajstić information content (AvgIpc) is 3.57. The van der Waals surface area contributed by atoms with Crippen molar-refractivity contribution in [3.05, 3.63) is 24.3 Å². The maximum Gasteiger partial charge on any atom is 0.226 e. The lowest BCUT2D eigenvalue weighted by atomic mass is 9.86. The van der Waals surface area contributed by atoms with Gasteiger partial charge in [-0.3, -0.25) is 4.79 Å². The summed E-state index contributed by atoms with van der Waals surface area (Å²) >= 11 is 0. The molecule has 0 unspecified atom stereocenters. The molecule has 9 heteroatoms. The molecule has 8 nitrogen and oxygen atoms in total. The molecule has 2 atom stereocenters. The first-order valence-corrected chi connectivity index (χ1v) is 13.0. The molecule has 1 aromatic rings. The van der Waals surface area contributed by atoms with Crippen LogP contribution in [0.3, 0.4) is 0 Å². The van der Waals surface area contributed by atoms with Crippen LogP contribution in [0.5, 0.6) is 0 Å². The van der Waals surface area contributed by atoms with Crippen LogP contribution in [0, 0.1) is 5.92 Å². The van der Waals surface area contributed by atoms with Crippen molar-refractivity contribution in [2.75, 3.05) is 19.4 Å². The molecule has 2 heterocycles. The van der Waals surface area contributed by atoms with Crippen LogP contribution in [-0.4, -0.2) is 66.8 Å². The Morgan fingerprint density at radius 3 is 2.47 bits per heavy atom. The summed E-state index contributed by atoms with van der Waals surface area (Å²) in [7, 11) is -3.35. The van der Waals surface area contributed by atoms with E-state index < -0.39 is 10.0 Å². The summed E-state index contributed by atoms with van der Waals surface area (Å²) in [5.74, 6) is 1.55. The van der Waals surface area contributed by atoms with Crippen molar-refractivity contribution in [3.63, 3.8) is 0 Å². The molecular weight excluding hydrogens is 404 g/mol. The number of carbonyl (C=O) groups is 1. The lowest BCUT2D eigenvalue weighted by Gasteiger charge is -2.42. The van der Waals surface area contributed by atoms with E-state index in [0.717, 1.165) is 57.2 Å². The van der Waals surface area contributed by atoms with E-state index in [1.54, 1.807) is 12.4 Å². The zero-order valence-corrected chi connectivity index (χ0v) is 18.4. The van der Waals surface area contributed by atoms with E-state index in [0.29, 0.717) is 19.1 Å². The number of aromatic nitrogens is 2. The first-order chi connectivity index (χ1) is 14.4. The smallest absolute Gasteiger partial charge is 0.226 e. The van der Waals surface area contributed by atoms with E-state index in [9.17, 15) is 13.2 Å². The standard InChI is InChI=1S/C21H32N4O4S/c1-30(27,28)24-18-4-2-13-25(21(26)16-5-6-16)19(18)14-29-17-9-7-15(8-10-17)20-22-11-3-12-23-20/h3,11-12,15-19,24H,2,4-10,13-14H2,1H3/t15-,17+,18-,19-/m0/s1. The minimum atomic E-state index is -3.35. The van der Waals surface area contributed by atoms with Gasteiger partial charge in [0, 0.05) is 36.8 Å². The second-order valence-corrected chi connectivity index (χ2v) is 10.7. The Morgan fingerprint density at radius 2 is 1.83 bits per heavy atom. The lowest BCUT2D eigenvalue weighted by Crippen LogP contribution is -2.59. The zero-order valence-electron chi connectivity index (χ0n) is 17.6. The van der Waals surface area contributed by atoms with Crippen molar-refractivity contribution in [3.8, 4) is 0 Å². The second kappa shape index (κ2) is 9.28. The predicted molar refractivity (Wildman–Crippen MR) is 112 cm³/mol. The lowest BCUT2D eigenvalue weighted by molar-refractivity contribution is -0.139. The third kappa shape index (κ3) is 5.56. The monoisotopic (exact) mass is 436 g/mol. The molecule has 0 aromatic carbocycles. The topological polar surface area (TPSA) is 101 Å². The number of carbonyl (C=O) groups excluding carboxylic acids is 1. The van der Waals surface area contributed by atoms with Gasteiger partial charge in [0.05, 0.1) is 25.0 Å². The first kappa shape index (κ1) is 21.6. The number of sulfonamides is 1. The van der Waals surface area contributed by atoms with Gasteiger partial charge in [0.25, 0.3) is 0 Å². The highest BCUT2D eigenvalue weighted by molar-refractivity contribution is 7.88. The van der Waals surface area contributed by atoms with E-state index in [1.807, 2.05) is 11.0 Å². The third-order valence-corrected chi connectivity index (χ3v) is 7.21. The molecular formula is C21H32N4O4S. The fourth-order valence-electron chi connectivity index (χ4n) is 4.76. The van der Waals surface area contributed by atoms with E-state index in [2.05, 4.69) is 14.7 Å². The molecule has 0 spiro atoms. The normalized spacial score (nSPS) is 30.2. The van der Waals surface area contributed by atoms with E-state index in [-0.39, 0.29) is 30.0 Å². The van der Waals surface area contributed by atoms with Gasteiger partial charge in [-0.25, -0.2) is 23.1 Å². The van der Waals surface area contributed by atoms with Crippen LogP contribution in [0.2, 0.25) is 0 Å². The number of hydrogen-bond acceptors (Lipinski definition) is 6. The molecule has 166 valence electrons. The van der Waals surface area contributed by atoms with Crippen molar-refractivity contribution >= 4 is 15.9 Å². The van der Waals surface area contributed by atoms with Gasteiger partial charge in [-0.1, -0.05) is 0 Å². The van der Waals surface area contributed by atoms with Gasteiger partial charge in [-0.15, -0.1) is 0 Å². The minimum Gasteiger partial charge on any atom is -0.376 e. The number of ether oxygens (including phenoxy) is 1. The molecule has 0 bridgehead atoms. The maximum absolute atomic E-state index is 12.8. The highest BCUT2D eigenvalue weighted by Gasteiger charge is 2.41. The van der Waals surface area contributed by atoms with Gasteiger partial charge in [0.2, 0.25) is 15.9 Å². The molecule has 1 aliphatic heterocycles. The summed E-state index contributed by atoms with van der Waals surface area (Å²) < 4.78 is 32.8. The van der Waals surface area contributed by atoms with Gasteiger partial charge in [0.1, 0.15) is 5.82 Å². The van der Waals surface area contributed by atoms with Crippen LogP contribution < -0.4 is 4.72 Å². The molecule has 4 rings (SSSR count). The molecule has 1 amide bonds. The number of amides is 1. The summed E-state index contributed by atoms with van der Waals surface area (Å²) in [5.41, 5.74) is 0. The number of piperidine rings is 1. The molecule has 1 aromatic heterocycles. The van der Waals surface area contributed by atoms with Gasteiger partial charge in [-0.05, 0) is 57.4 Å². The largest absolute Gasteiger partial charge is 0.376 e. The highest BCUT2D eigenvalue weighted by atomic mass is 32.2. The summed E-state index contributed by atoms with van der Waals surface area (Å²) in [6, 6.07) is 1.31. The predicted octanol–water partition coefficient (Wildman–Crippen LogP) is 1.84. The van der Waals surface area contributed by atoms with E-state index >= 15 is 0 Å². The van der Waals surface area contributed by atoms with Crippen molar-refractivity contribution in [2.24, 2.45) is 5.92 Å². The van der Waals surface area contributed by atoms with Crippen molar-refractivity contribution < 1.29 is 17.9 Å². The average molecular weight is 437 g/mol. The van der Waals surface area contributed by atoms with Crippen molar-refractivity contribution in [1.29, 1.82) is 0 Å². The van der Waals surface area contributed by atoms with Gasteiger partial charge < -0.3 is 9.64 Å². The van der Waals surface area contributed by atoms with E-state index in [1.165, 1.54) is 6.26 Å². The van der Waals surface area contributed by atoms with Crippen LogP contribution in [0.4, 0.5) is 0 Å². The highest BCUT2D eigenvalue weighted by Crippen LogP contribution is 2.35. The van der Waals surface area contributed by atoms with Crippen LogP contribution in [0.15, 0.2) is 18.5 Å². The Labute approximate surface area is 178 Å². The summed E-state index contributed by atoms with van der Waals surface area (Å²) in [5, 5.41) is 0. The quantitative estimate of drug-likeness (QED) is 0.700. The number of rotatable bonds is 7. The molecule has 0 radical (unpaired) electrons. The molecule has 1 N–H and O–H groups in total. The molecule has 3 aliphatic rings. The van der Waals surface area contributed by atoms with Crippen LogP contribution >= 0.6 is 0 Å². The maximum atomic E-state index is 12.8. The van der Waals surface area contributed by atoms with Crippen LogP contribution in [0.25, 0.3) is 0 Å². The Bertz CT molecular complexity index is 823. The van der Waals surface area contributed by atoms with Crippen LogP contribution in [-0.2, 0) is 19.6 Å². The first-order valence-electron chi connectivity index (χ1n) is 11.1. The Balaban J connectivity index is 1.36. The van der Waals surface area contributed by atoms with Crippen LogP contribution in [0.1, 0.15) is 63.1 Å². The molecule has 1 saturated heterocycles. The number of likely N-dealkylation sites (tertiary alicyclic amines) is 1. The minimum absolute atomic E-state index is 0.116. The fraction of sp³-hybridized carbons (Fsp3) is 0.762. The Morgan fingerprint density at radius 1 is 1.13 bits per heavy atom. The summed E-state index contributed by atoms with van der Waals surface area (Å²) in [6.45, 7) is 1.06.